The average molecular weight is 291 g/mol. The van der Waals surface area contributed by atoms with Gasteiger partial charge >= 0.3 is 12.1 Å². The number of pyridine rings is 1. The number of carbonyl (C=O) groups is 2. The Labute approximate surface area is 112 Å². The predicted molar refractivity (Wildman–Crippen MR) is 63.1 cm³/mol. The zero-order chi connectivity index (χ0) is 15.2. The summed E-state index contributed by atoms with van der Waals surface area (Å²) < 4.78 is 35.5. The lowest BCUT2D eigenvalue weighted by Crippen LogP contribution is -2.35. The number of carboxylic acid groups (broad SMARTS) is 1. The van der Waals surface area contributed by atoms with Crippen LogP contribution in [0.3, 0.4) is 0 Å². The van der Waals surface area contributed by atoms with Crippen molar-refractivity contribution in [3.8, 4) is 0 Å². The maximum Gasteiger partial charge on any atom is 0.401 e. The van der Waals surface area contributed by atoms with E-state index in [0.29, 0.717) is 5.69 Å². The molecular formula is C11H12F3N3O3. The average Bonchev–Trinajstić information content (AvgIpc) is 2.29. The van der Waals surface area contributed by atoms with Gasteiger partial charge in [0.05, 0.1) is 37.1 Å². The summed E-state index contributed by atoms with van der Waals surface area (Å²) in [7, 11) is 0. The van der Waals surface area contributed by atoms with Crippen LogP contribution in [-0.2, 0) is 16.0 Å². The summed E-state index contributed by atoms with van der Waals surface area (Å²) in [5.41, 5.74) is 0.587. The van der Waals surface area contributed by atoms with E-state index < -0.39 is 31.1 Å². The number of nitrogens with zero attached hydrogens (tertiary/aromatic N) is 1. The van der Waals surface area contributed by atoms with Gasteiger partial charge in [-0.1, -0.05) is 0 Å². The van der Waals surface area contributed by atoms with Gasteiger partial charge in [-0.3, -0.25) is 14.6 Å². The summed E-state index contributed by atoms with van der Waals surface area (Å²) in [6.45, 7) is -1.74. The molecule has 0 fully saturated rings. The monoisotopic (exact) mass is 291 g/mol. The molecule has 0 radical (unpaired) electrons. The molecule has 1 heterocycles. The zero-order valence-electron chi connectivity index (χ0n) is 10.2. The van der Waals surface area contributed by atoms with E-state index in [9.17, 15) is 22.8 Å². The third-order valence-corrected chi connectivity index (χ3v) is 2.05. The van der Waals surface area contributed by atoms with E-state index in [4.69, 9.17) is 5.11 Å². The van der Waals surface area contributed by atoms with Gasteiger partial charge in [-0.2, -0.15) is 13.2 Å². The number of carboxylic acids is 1. The van der Waals surface area contributed by atoms with Gasteiger partial charge in [0.2, 0.25) is 5.91 Å². The van der Waals surface area contributed by atoms with Crippen molar-refractivity contribution in [2.24, 2.45) is 0 Å². The Morgan fingerprint density at radius 1 is 1.30 bits per heavy atom. The summed E-state index contributed by atoms with van der Waals surface area (Å²) in [6.07, 6.45) is -3.39. The van der Waals surface area contributed by atoms with Crippen molar-refractivity contribution in [3.63, 3.8) is 0 Å². The third-order valence-electron chi connectivity index (χ3n) is 2.05. The highest BCUT2D eigenvalue weighted by Gasteiger charge is 2.26. The first-order valence-electron chi connectivity index (χ1n) is 5.50. The van der Waals surface area contributed by atoms with Crippen LogP contribution >= 0.6 is 0 Å². The van der Waals surface area contributed by atoms with Crippen LogP contribution in [0.2, 0.25) is 0 Å². The summed E-state index contributed by atoms with van der Waals surface area (Å²) in [5, 5.41) is 12.8. The minimum absolute atomic E-state index is 0.249. The normalized spacial score (nSPS) is 11.2. The molecule has 1 aromatic rings. The Bertz CT molecular complexity index is 474. The van der Waals surface area contributed by atoms with Gasteiger partial charge in [0.25, 0.3) is 0 Å². The van der Waals surface area contributed by atoms with Crippen LogP contribution in [0.5, 0.6) is 0 Å². The molecule has 1 aromatic heterocycles. The first kappa shape index (κ1) is 15.9. The van der Waals surface area contributed by atoms with Crippen molar-refractivity contribution in [2.45, 2.75) is 12.6 Å². The number of aliphatic carboxylic acids is 1. The lowest BCUT2D eigenvalue weighted by atomic mass is 10.2. The summed E-state index contributed by atoms with van der Waals surface area (Å²) >= 11 is 0. The number of hydrogen-bond donors (Lipinski definition) is 3. The second-order valence-electron chi connectivity index (χ2n) is 3.88. The number of carbonyl (C=O) groups excluding carboxylic acids is 1. The first-order chi connectivity index (χ1) is 9.26. The van der Waals surface area contributed by atoms with Crippen LogP contribution in [0.4, 0.5) is 18.9 Å². The first-order valence-corrected chi connectivity index (χ1v) is 5.50. The molecule has 0 unspecified atom stereocenters. The molecule has 3 N–H and O–H groups in total. The molecule has 0 aliphatic carbocycles. The van der Waals surface area contributed by atoms with Gasteiger partial charge in [-0.05, 0) is 12.1 Å². The maximum atomic E-state index is 11.8. The minimum Gasteiger partial charge on any atom is -0.481 e. The molecule has 0 aromatic carbocycles. The smallest absolute Gasteiger partial charge is 0.401 e. The highest BCUT2D eigenvalue weighted by Crippen LogP contribution is 2.12. The van der Waals surface area contributed by atoms with Crippen molar-refractivity contribution in [1.82, 2.24) is 10.3 Å². The van der Waals surface area contributed by atoms with E-state index in [0.717, 1.165) is 0 Å². The molecule has 9 heteroatoms. The number of aromatic nitrogens is 1. The quantitative estimate of drug-likeness (QED) is 0.721. The van der Waals surface area contributed by atoms with E-state index in [1.165, 1.54) is 18.3 Å². The van der Waals surface area contributed by atoms with Gasteiger partial charge in [0.15, 0.2) is 0 Å². The van der Waals surface area contributed by atoms with Crippen molar-refractivity contribution >= 4 is 17.6 Å². The standard InChI is InChI=1S/C11H12F3N3O3/c12-11(13,14)6-15-5-9(18)17-8-2-1-7(16-4-8)3-10(19)20/h1-2,4,15H,3,5-6H2,(H,17,18)(H,19,20). The molecule has 0 saturated heterocycles. The molecule has 0 bridgehead atoms. The predicted octanol–water partition coefficient (Wildman–Crippen LogP) is 0.799. The Morgan fingerprint density at radius 3 is 2.50 bits per heavy atom. The highest BCUT2D eigenvalue weighted by molar-refractivity contribution is 5.92. The van der Waals surface area contributed by atoms with E-state index in [2.05, 4.69) is 10.3 Å². The van der Waals surface area contributed by atoms with Crippen LogP contribution in [0.1, 0.15) is 5.69 Å². The SMILES string of the molecule is O=C(O)Cc1ccc(NC(=O)CNCC(F)(F)F)cn1. The van der Waals surface area contributed by atoms with Crippen LogP contribution in [0.15, 0.2) is 18.3 Å². The molecule has 0 aliphatic heterocycles. The molecule has 0 atom stereocenters. The summed E-state index contributed by atoms with van der Waals surface area (Å²) in [6, 6.07) is 2.83. The molecule has 1 rings (SSSR count). The Hall–Kier alpha value is -2.16. The van der Waals surface area contributed by atoms with E-state index in [-0.39, 0.29) is 12.1 Å². The van der Waals surface area contributed by atoms with Gasteiger partial charge in [-0.15, -0.1) is 0 Å². The molecule has 1 amide bonds. The fraction of sp³-hybridized carbons (Fsp3) is 0.364. The fourth-order valence-corrected chi connectivity index (χ4v) is 1.28. The molecule has 0 aliphatic rings. The van der Waals surface area contributed by atoms with Gasteiger partial charge in [0, 0.05) is 0 Å². The number of alkyl halides is 3. The van der Waals surface area contributed by atoms with Gasteiger partial charge in [0.1, 0.15) is 0 Å². The number of hydrogen-bond acceptors (Lipinski definition) is 4. The second-order valence-corrected chi connectivity index (χ2v) is 3.88. The van der Waals surface area contributed by atoms with Crippen molar-refractivity contribution in [1.29, 1.82) is 0 Å². The molecule has 6 nitrogen and oxygen atoms in total. The lowest BCUT2D eigenvalue weighted by molar-refractivity contribution is -0.136. The molecule has 0 saturated carbocycles. The van der Waals surface area contributed by atoms with Crippen LogP contribution in [0.25, 0.3) is 0 Å². The number of anilines is 1. The Balaban J connectivity index is 2.40. The highest BCUT2D eigenvalue weighted by atomic mass is 19.4. The maximum absolute atomic E-state index is 11.8. The number of rotatable bonds is 6. The van der Waals surface area contributed by atoms with Gasteiger partial charge < -0.3 is 15.7 Å². The Morgan fingerprint density at radius 2 is 2.00 bits per heavy atom. The van der Waals surface area contributed by atoms with E-state index in [1.54, 1.807) is 0 Å². The van der Waals surface area contributed by atoms with Crippen LogP contribution in [-0.4, -0.2) is 41.2 Å². The second kappa shape index (κ2) is 6.85. The zero-order valence-corrected chi connectivity index (χ0v) is 10.2. The largest absolute Gasteiger partial charge is 0.481 e. The summed E-state index contributed by atoms with van der Waals surface area (Å²) in [4.78, 5) is 25.5. The summed E-state index contributed by atoms with van der Waals surface area (Å²) in [5.74, 6) is -1.69. The number of halogens is 3. The minimum atomic E-state index is -4.37. The molecule has 0 spiro atoms. The number of amides is 1. The fourth-order valence-electron chi connectivity index (χ4n) is 1.28. The third kappa shape index (κ3) is 6.69. The topological polar surface area (TPSA) is 91.3 Å². The molecular weight excluding hydrogens is 279 g/mol. The number of nitrogens with one attached hydrogen (secondary N) is 2. The van der Waals surface area contributed by atoms with Crippen LogP contribution in [0, 0.1) is 0 Å². The van der Waals surface area contributed by atoms with E-state index >= 15 is 0 Å². The van der Waals surface area contributed by atoms with Crippen molar-refractivity contribution in [3.05, 3.63) is 24.0 Å². The van der Waals surface area contributed by atoms with Crippen LogP contribution < -0.4 is 10.6 Å². The van der Waals surface area contributed by atoms with E-state index in [1.807, 2.05) is 5.32 Å². The molecule has 20 heavy (non-hydrogen) atoms. The van der Waals surface area contributed by atoms with Gasteiger partial charge in [-0.25, -0.2) is 0 Å². The van der Waals surface area contributed by atoms with Crippen molar-refractivity contribution < 1.29 is 27.9 Å². The van der Waals surface area contributed by atoms with Crippen molar-refractivity contribution in [2.75, 3.05) is 18.4 Å². The molecule has 110 valence electrons. The Kier molecular flexibility index (Phi) is 5.44. The lowest BCUT2D eigenvalue weighted by Gasteiger charge is -2.08.